The monoisotopic (exact) mass is 381 g/mol. The number of sulfonamides is 1. The molecule has 0 saturated carbocycles. The summed E-state index contributed by atoms with van der Waals surface area (Å²) in [5, 5.41) is 13.2. The first kappa shape index (κ1) is 18.0. The molecule has 0 unspecified atom stereocenters. The van der Waals surface area contributed by atoms with Crippen molar-refractivity contribution in [2.75, 3.05) is 26.2 Å². The first-order valence-electron chi connectivity index (χ1n) is 7.97. The molecule has 0 radical (unpaired) electrons. The minimum atomic E-state index is -3.88. The maximum atomic E-state index is 12.9. The lowest BCUT2D eigenvalue weighted by atomic mass is 10.3. The van der Waals surface area contributed by atoms with Crippen molar-refractivity contribution in [3.63, 3.8) is 0 Å². The van der Waals surface area contributed by atoms with Gasteiger partial charge in [-0.3, -0.25) is 15.0 Å². The van der Waals surface area contributed by atoms with Crippen molar-refractivity contribution >= 4 is 27.0 Å². The van der Waals surface area contributed by atoms with Crippen LogP contribution in [0, 0.1) is 10.1 Å². The van der Waals surface area contributed by atoms with Crippen LogP contribution in [-0.4, -0.2) is 48.7 Å². The van der Waals surface area contributed by atoms with E-state index in [1.807, 2.05) is 11.4 Å². The maximum absolute atomic E-state index is 12.9. The van der Waals surface area contributed by atoms with Crippen LogP contribution in [0.3, 0.4) is 0 Å². The molecular formula is C16H19N3O4S2. The normalized spacial score (nSPS) is 17.3. The van der Waals surface area contributed by atoms with Crippen molar-refractivity contribution in [3.8, 4) is 0 Å². The molecule has 7 nitrogen and oxygen atoms in total. The number of nitrogens with zero attached hydrogens (tertiary/aromatic N) is 3. The summed E-state index contributed by atoms with van der Waals surface area (Å²) in [5.74, 6) is 0. The molecule has 3 rings (SSSR count). The number of hydrogen-bond acceptors (Lipinski definition) is 6. The highest BCUT2D eigenvalue weighted by Gasteiger charge is 2.32. The zero-order valence-electron chi connectivity index (χ0n) is 13.6. The van der Waals surface area contributed by atoms with E-state index in [-0.39, 0.29) is 10.6 Å². The molecule has 0 amide bonds. The second kappa shape index (κ2) is 7.61. The number of hydrogen-bond donors (Lipinski definition) is 0. The number of thiophene rings is 1. The zero-order chi connectivity index (χ0) is 17.9. The van der Waals surface area contributed by atoms with Gasteiger partial charge in [-0.25, -0.2) is 8.42 Å². The Kier molecular flexibility index (Phi) is 5.48. The van der Waals surface area contributed by atoms with Crippen molar-refractivity contribution in [1.29, 1.82) is 0 Å². The topological polar surface area (TPSA) is 83.8 Å². The third kappa shape index (κ3) is 4.06. The molecule has 0 N–H and O–H groups in total. The summed E-state index contributed by atoms with van der Waals surface area (Å²) in [7, 11) is -3.88. The first-order chi connectivity index (χ1) is 12.0. The predicted molar refractivity (Wildman–Crippen MR) is 96.1 cm³/mol. The van der Waals surface area contributed by atoms with Gasteiger partial charge in [-0.05, 0) is 30.5 Å². The number of nitro benzene ring substituents is 1. The zero-order valence-corrected chi connectivity index (χ0v) is 15.2. The van der Waals surface area contributed by atoms with Gasteiger partial charge in [0.15, 0.2) is 4.90 Å². The fraction of sp³-hybridized carbons (Fsp3) is 0.375. The predicted octanol–water partition coefficient (Wildman–Crippen LogP) is 2.55. The van der Waals surface area contributed by atoms with Crippen LogP contribution in [0.2, 0.25) is 0 Å². The summed E-state index contributed by atoms with van der Waals surface area (Å²) in [4.78, 5) is 13.8. The van der Waals surface area contributed by atoms with E-state index in [0.717, 1.165) is 13.1 Å². The average Bonchev–Trinajstić information content (AvgIpc) is 2.98. The minimum Gasteiger partial charge on any atom is -0.297 e. The second-order valence-corrected chi connectivity index (χ2v) is 8.78. The van der Waals surface area contributed by atoms with Crippen LogP contribution >= 0.6 is 11.3 Å². The van der Waals surface area contributed by atoms with E-state index in [4.69, 9.17) is 0 Å². The molecule has 0 spiro atoms. The van der Waals surface area contributed by atoms with Crippen LogP contribution in [-0.2, 0) is 16.6 Å². The van der Waals surface area contributed by atoms with Crippen LogP contribution in [0.15, 0.2) is 46.7 Å². The van der Waals surface area contributed by atoms with E-state index in [1.54, 1.807) is 11.3 Å². The molecule has 1 aromatic carbocycles. The summed E-state index contributed by atoms with van der Waals surface area (Å²) < 4.78 is 27.2. The molecule has 0 aliphatic carbocycles. The van der Waals surface area contributed by atoms with Crippen LogP contribution in [0.5, 0.6) is 0 Å². The minimum absolute atomic E-state index is 0.230. The van der Waals surface area contributed by atoms with Gasteiger partial charge >= 0.3 is 0 Å². The molecule has 2 heterocycles. The SMILES string of the molecule is O=[N+]([O-])c1ccccc1S(=O)(=O)N1CCCN(Cc2cccs2)CC1. The molecular weight excluding hydrogens is 362 g/mol. The molecule has 1 saturated heterocycles. The van der Waals surface area contributed by atoms with E-state index < -0.39 is 14.9 Å². The van der Waals surface area contributed by atoms with Gasteiger partial charge in [0, 0.05) is 37.1 Å². The lowest BCUT2D eigenvalue weighted by molar-refractivity contribution is -0.387. The standard InChI is InChI=1S/C16H19N3O4S2/c20-19(21)15-6-1-2-7-16(15)25(22,23)18-9-4-8-17(10-11-18)13-14-5-3-12-24-14/h1-3,5-7,12H,4,8-11,13H2. The lowest BCUT2D eigenvalue weighted by Crippen LogP contribution is -2.35. The molecule has 9 heteroatoms. The Balaban J connectivity index is 1.76. The van der Waals surface area contributed by atoms with Crippen molar-refractivity contribution in [1.82, 2.24) is 9.21 Å². The Bertz CT molecular complexity index is 837. The number of benzene rings is 1. The Morgan fingerprint density at radius 2 is 1.88 bits per heavy atom. The number of para-hydroxylation sites is 1. The van der Waals surface area contributed by atoms with Gasteiger partial charge in [0.05, 0.1) is 4.92 Å². The third-order valence-corrected chi connectivity index (χ3v) is 6.99. The van der Waals surface area contributed by atoms with Gasteiger partial charge in [-0.1, -0.05) is 18.2 Å². The Labute approximate surface area is 150 Å². The Hall–Kier alpha value is -1.81. The van der Waals surface area contributed by atoms with E-state index in [1.165, 1.54) is 33.4 Å². The summed E-state index contributed by atoms with van der Waals surface area (Å²) in [6.07, 6.45) is 0.700. The van der Waals surface area contributed by atoms with Crippen molar-refractivity contribution in [3.05, 3.63) is 56.8 Å². The quantitative estimate of drug-likeness (QED) is 0.587. The highest BCUT2D eigenvalue weighted by molar-refractivity contribution is 7.89. The van der Waals surface area contributed by atoms with Crippen molar-refractivity contribution in [2.45, 2.75) is 17.9 Å². The lowest BCUT2D eigenvalue weighted by Gasteiger charge is -2.21. The highest BCUT2D eigenvalue weighted by atomic mass is 32.2. The number of rotatable bonds is 5. The van der Waals surface area contributed by atoms with Gasteiger partial charge in [0.2, 0.25) is 10.0 Å². The van der Waals surface area contributed by atoms with Crippen LogP contribution in [0.25, 0.3) is 0 Å². The van der Waals surface area contributed by atoms with Gasteiger partial charge in [0.1, 0.15) is 0 Å². The molecule has 0 atom stereocenters. The van der Waals surface area contributed by atoms with Crippen LogP contribution in [0.1, 0.15) is 11.3 Å². The van der Waals surface area contributed by atoms with E-state index in [9.17, 15) is 18.5 Å². The second-order valence-electron chi connectivity index (χ2n) is 5.84. The van der Waals surface area contributed by atoms with Crippen LogP contribution in [0.4, 0.5) is 5.69 Å². The van der Waals surface area contributed by atoms with E-state index in [0.29, 0.717) is 26.1 Å². The molecule has 1 fully saturated rings. The summed E-state index contributed by atoms with van der Waals surface area (Å²) in [6, 6.07) is 9.60. The van der Waals surface area contributed by atoms with Gasteiger partial charge in [0.25, 0.3) is 5.69 Å². The Morgan fingerprint density at radius 3 is 2.60 bits per heavy atom. The van der Waals surface area contributed by atoms with E-state index in [2.05, 4.69) is 11.0 Å². The van der Waals surface area contributed by atoms with Gasteiger partial charge in [-0.2, -0.15) is 4.31 Å². The van der Waals surface area contributed by atoms with Crippen molar-refractivity contribution < 1.29 is 13.3 Å². The molecule has 1 aliphatic heterocycles. The fourth-order valence-corrected chi connectivity index (χ4v) is 5.31. The average molecular weight is 381 g/mol. The highest BCUT2D eigenvalue weighted by Crippen LogP contribution is 2.27. The molecule has 134 valence electrons. The summed E-state index contributed by atoms with van der Waals surface area (Å²) in [6.45, 7) is 2.92. The maximum Gasteiger partial charge on any atom is 0.289 e. The number of nitro groups is 1. The Morgan fingerprint density at radius 1 is 1.08 bits per heavy atom. The fourth-order valence-electron chi connectivity index (χ4n) is 2.93. The van der Waals surface area contributed by atoms with E-state index >= 15 is 0 Å². The summed E-state index contributed by atoms with van der Waals surface area (Å²) in [5.41, 5.74) is -0.373. The molecule has 2 aromatic rings. The van der Waals surface area contributed by atoms with Crippen molar-refractivity contribution in [2.24, 2.45) is 0 Å². The first-order valence-corrected chi connectivity index (χ1v) is 10.3. The summed E-state index contributed by atoms with van der Waals surface area (Å²) >= 11 is 1.68. The molecule has 25 heavy (non-hydrogen) atoms. The molecule has 1 aromatic heterocycles. The van der Waals surface area contributed by atoms with Crippen LogP contribution < -0.4 is 0 Å². The van der Waals surface area contributed by atoms with Gasteiger partial charge in [-0.15, -0.1) is 11.3 Å². The smallest absolute Gasteiger partial charge is 0.289 e. The molecule has 1 aliphatic rings. The van der Waals surface area contributed by atoms with Gasteiger partial charge < -0.3 is 0 Å². The third-order valence-electron chi connectivity index (χ3n) is 4.19. The molecule has 0 bridgehead atoms. The largest absolute Gasteiger partial charge is 0.297 e.